The highest BCUT2D eigenvalue weighted by Crippen LogP contribution is 2.12. The Kier molecular flexibility index (Phi) is 3.29. The molecule has 1 aromatic rings. The minimum absolute atomic E-state index is 0.209. The molecule has 0 aliphatic carbocycles. The summed E-state index contributed by atoms with van der Waals surface area (Å²) < 4.78 is 0. The van der Waals surface area contributed by atoms with E-state index in [2.05, 4.69) is 10.2 Å². The fraction of sp³-hybridized carbons (Fsp3) is 0.500. The molecule has 1 rings (SSSR count). The minimum atomic E-state index is 0.209. The summed E-state index contributed by atoms with van der Waals surface area (Å²) in [5.74, 6) is 0.209. The standard InChI is InChI=1S/C8H11ClN2O/c1-2-3-7(12)4-6-5-10-11-8(6)9/h5H,2-4H2,1H3,(H,10,11). The molecule has 0 fully saturated rings. The highest BCUT2D eigenvalue weighted by atomic mass is 35.5. The Labute approximate surface area is 76.1 Å². The summed E-state index contributed by atoms with van der Waals surface area (Å²) >= 11 is 5.71. The molecule has 0 saturated heterocycles. The first-order chi connectivity index (χ1) is 5.74. The van der Waals surface area contributed by atoms with Crippen LogP contribution in [-0.2, 0) is 11.2 Å². The van der Waals surface area contributed by atoms with Gasteiger partial charge in [-0.2, -0.15) is 5.10 Å². The number of rotatable bonds is 4. The maximum atomic E-state index is 11.2. The SMILES string of the molecule is CCCC(=O)Cc1cn[nH]c1Cl. The van der Waals surface area contributed by atoms with Crippen LogP contribution in [0, 0.1) is 0 Å². The maximum absolute atomic E-state index is 11.2. The molecule has 0 unspecified atom stereocenters. The lowest BCUT2D eigenvalue weighted by Crippen LogP contribution is -2.00. The Balaban J connectivity index is 2.52. The summed E-state index contributed by atoms with van der Waals surface area (Å²) in [6, 6.07) is 0. The van der Waals surface area contributed by atoms with Crippen LogP contribution in [0.25, 0.3) is 0 Å². The van der Waals surface area contributed by atoms with Crippen molar-refractivity contribution in [2.45, 2.75) is 26.2 Å². The average Bonchev–Trinajstić information content (AvgIpc) is 2.37. The van der Waals surface area contributed by atoms with Crippen molar-refractivity contribution in [3.63, 3.8) is 0 Å². The van der Waals surface area contributed by atoms with Gasteiger partial charge in [-0.1, -0.05) is 18.5 Å². The van der Waals surface area contributed by atoms with Gasteiger partial charge in [-0.15, -0.1) is 0 Å². The zero-order valence-electron chi connectivity index (χ0n) is 6.93. The number of nitrogens with one attached hydrogen (secondary N) is 1. The predicted molar refractivity (Wildman–Crippen MR) is 47.2 cm³/mol. The van der Waals surface area contributed by atoms with E-state index in [9.17, 15) is 4.79 Å². The van der Waals surface area contributed by atoms with Crippen LogP contribution >= 0.6 is 11.6 Å². The van der Waals surface area contributed by atoms with Gasteiger partial charge in [0.1, 0.15) is 10.9 Å². The molecule has 4 heteroatoms. The van der Waals surface area contributed by atoms with Gasteiger partial charge in [-0.25, -0.2) is 0 Å². The van der Waals surface area contributed by atoms with E-state index in [0.717, 1.165) is 12.0 Å². The number of aromatic amines is 1. The highest BCUT2D eigenvalue weighted by Gasteiger charge is 2.07. The lowest BCUT2D eigenvalue weighted by molar-refractivity contribution is -0.118. The largest absolute Gasteiger partial charge is 0.299 e. The Bertz CT molecular complexity index is 270. The number of H-pyrrole nitrogens is 1. The molecule has 0 spiro atoms. The molecule has 0 atom stereocenters. The third-order valence-corrected chi connectivity index (χ3v) is 1.91. The molecule has 1 N–H and O–H groups in total. The summed E-state index contributed by atoms with van der Waals surface area (Å²) in [6.45, 7) is 1.98. The van der Waals surface area contributed by atoms with Crippen molar-refractivity contribution in [3.05, 3.63) is 16.9 Å². The van der Waals surface area contributed by atoms with Crippen LogP contribution in [0.1, 0.15) is 25.3 Å². The van der Waals surface area contributed by atoms with E-state index in [0.29, 0.717) is 18.0 Å². The molecule has 1 heterocycles. The molecule has 0 saturated carbocycles. The van der Waals surface area contributed by atoms with Crippen molar-refractivity contribution in [2.24, 2.45) is 0 Å². The van der Waals surface area contributed by atoms with Crippen LogP contribution in [0.15, 0.2) is 6.20 Å². The van der Waals surface area contributed by atoms with E-state index in [-0.39, 0.29) is 5.78 Å². The van der Waals surface area contributed by atoms with Gasteiger partial charge in [-0.05, 0) is 6.42 Å². The topological polar surface area (TPSA) is 45.8 Å². The summed E-state index contributed by atoms with van der Waals surface area (Å²) in [5, 5.41) is 6.78. The second-order valence-electron chi connectivity index (χ2n) is 2.67. The number of Topliss-reactive ketones (excluding diaryl/α,β-unsaturated/α-hetero) is 1. The molecule has 66 valence electrons. The van der Waals surface area contributed by atoms with Gasteiger partial charge in [0.25, 0.3) is 0 Å². The molecule has 1 aromatic heterocycles. The Morgan fingerprint density at radius 1 is 1.75 bits per heavy atom. The summed E-state index contributed by atoms with van der Waals surface area (Å²) in [5.41, 5.74) is 0.787. The van der Waals surface area contributed by atoms with E-state index >= 15 is 0 Å². The fourth-order valence-corrected chi connectivity index (χ4v) is 1.16. The fourth-order valence-electron chi connectivity index (χ4n) is 0.998. The first kappa shape index (κ1) is 9.26. The molecular formula is C8H11ClN2O. The Morgan fingerprint density at radius 2 is 2.50 bits per heavy atom. The number of ketones is 1. The van der Waals surface area contributed by atoms with Gasteiger partial charge in [0.2, 0.25) is 0 Å². The van der Waals surface area contributed by atoms with E-state index in [4.69, 9.17) is 11.6 Å². The van der Waals surface area contributed by atoms with Crippen molar-refractivity contribution < 1.29 is 4.79 Å². The lowest BCUT2D eigenvalue weighted by Gasteiger charge is -1.95. The second kappa shape index (κ2) is 4.26. The molecule has 0 radical (unpaired) electrons. The van der Waals surface area contributed by atoms with Gasteiger partial charge in [0.05, 0.1) is 6.20 Å². The summed E-state index contributed by atoms with van der Waals surface area (Å²) in [7, 11) is 0. The predicted octanol–water partition coefficient (Wildman–Crippen LogP) is 1.97. The molecule has 0 bridgehead atoms. The third kappa shape index (κ3) is 2.34. The molecule has 3 nitrogen and oxygen atoms in total. The monoisotopic (exact) mass is 186 g/mol. The Morgan fingerprint density at radius 3 is 3.00 bits per heavy atom. The van der Waals surface area contributed by atoms with E-state index in [1.54, 1.807) is 6.20 Å². The first-order valence-electron chi connectivity index (χ1n) is 3.93. The quantitative estimate of drug-likeness (QED) is 0.782. The van der Waals surface area contributed by atoms with E-state index in [1.165, 1.54) is 0 Å². The second-order valence-corrected chi connectivity index (χ2v) is 3.05. The number of halogens is 1. The van der Waals surface area contributed by atoms with Gasteiger partial charge in [-0.3, -0.25) is 9.89 Å². The van der Waals surface area contributed by atoms with E-state index in [1.807, 2.05) is 6.92 Å². The first-order valence-corrected chi connectivity index (χ1v) is 4.31. The van der Waals surface area contributed by atoms with Crippen molar-refractivity contribution >= 4 is 17.4 Å². The molecule has 12 heavy (non-hydrogen) atoms. The van der Waals surface area contributed by atoms with Crippen LogP contribution in [-0.4, -0.2) is 16.0 Å². The Hall–Kier alpha value is -0.830. The number of carbonyl (C=O) groups excluding carboxylic acids is 1. The smallest absolute Gasteiger partial charge is 0.137 e. The average molecular weight is 187 g/mol. The van der Waals surface area contributed by atoms with Crippen molar-refractivity contribution in [1.29, 1.82) is 0 Å². The van der Waals surface area contributed by atoms with Gasteiger partial charge < -0.3 is 0 Å². The maximum Gasteiger partial charge on any atom is 0.137 e. The summed E-state index contributed by atoms with van der Waals surface area (Å²) in [4.78, 5) is 11.2. The van der Waals surface area contributed by atoms with Gasteiger partial charge in [0.15, 0.2) is 0 Å². The zero-order valence-corrected chi connectivity index (χ0v) is 7.69. The number of hydrogen-bond donors (Lipinski definition) is 1. The molecule has 0 aromatic carbocycles. The molecule has 0 aliphatic rings. The van der Waals surface area contributed by atoms with Crippen LogP contribution < -0.4 is 0 Å². The molecule has 0 aliphatic heterocycles. The van der Waals surface area contributed by atoms with Gasteiger partial charge >= 0.3 is 0 Å². The van der Waals surface area contributed by atoms with Crippen molar-refractivity contribution in [3.8, 4) is 0 Å². The molecule has 0 amide bonds. The van der Waals surface area contributed by atoms with Crippen LogP contribution in [0.5, 0.6) is 0 Å². The van der Waals surface area contributed by atoms with Crippen molar-refractivity contribution in [1.82, 2.24) is 10.2 Å². The van der Waals surface area contributed by atoms with E-state index < -0.39 is 0 Å². The lowest BCUT2D eigenvalue weighted by atomic mass is 10.1. The number of hydrogen-bond acceptors (Lipinski definition) is 2. The van der Waals surface area contributed by atoms with Crippen LogP contribution in [0.2, 0.25) is 5.15 Å². The van der Waals surface area contributed by atoms with Crippen LogP contribution in [0.4, 0.5) is 0 Å². The van der Waals surface area contributed by atoms with Gasteiger partial charge in [0, 0.05) is 18.4 Å². The summed E-state index contributed by atoms with van der Waals surface area (Å²) in [6.07, 6.45) is 3.48. The van der Waals surface area contributed by atoms with Crippen LogP contribution in [0.3, 0.4) is 0 Å². The third-order valence-electron chi connectivity index (χ3n) is 1.58. The number of carbonyl (C=O) groups is 1. The normalized spacial score (nSPS) is 10.2. The molecular weight excluding hydrogens is 176 g/mol. The zero-order chi connectivity index (χ0) is 8.97. The number of nitrogens with zero attached hydrogens (tertiary/aromatic N) is 1. The highest BCUT2D eigenvalue weighted by molar-refractivity contribution is 6.30. The number of aromatic nitrogens is 2. The van der Waals surface area contributed by atoms with Crippen molar-refractivity contribution in [2.75, 3.05) is 0 Å². The minimum Gasteiger partial charge on any atom is -0.299 e.